The van der Waals surface area contributed by atoms with Crippen molar-refractivity contribution in [2.45, 2.75) is 44.9 Å². The lowest BCUT2D eigenvalue weighted by Gasteiger charge is -2.30. The van der Waals surface area contributed by atoms with Crippen molar-refractivity contribution in [3.63, 3.8) is 0 Å². The van der Waals surface area contributed by atoms with Gasteiger partial charge < -0.3 is 15.2 Å². The number of rotatable bonds is 8. The number of sulfonamides is 1. The molecule has 1 aliphatic heterocycles. The molecule has 8 nitrogen and oxygen atoms in total. The number of carbonyl (C=O) groups is 1. The number of nitrogens with one attached hydrogen (secondary N) is 2. The summed E-state index contributed by atoms with van der Waals surface area (Å²) < 4.78 is 31.9. The third kappa shape index (κ3) is 4.80. The molecule has 25 heavy (non-hydrogen) atoms. The predicted octanol–water partition coefficient (Wildman–Crippen LogP) is 0.808. The first-order valence-corrected chi connectivity index (χ1v) is 10.2. The summed E-state index contributed by atoms with van der Waals surface area (Å²) in [5.74, 6) is 0.173. The van der Waals surface area contributed by atoms with Crippen LogP contribution in [0.4, 0.5) is 0 Å². The fourth-order valence-corrected chi connectivity index (χ4v) is 4.81. The summed E-state index contributed by atoms with van der Waals surface area (Å²) in [5, 5.41) is 9.87. The van der Waals surface area contributed by atoms with Crippen molar-refractivity contribution in [3.05, 3.63) is 11.5 Å². The normalized spacial score (nSPS) is 16.9. The minimum atomic E-state index is -3.62. The molecule has 142 valence electrons. The van der Waals surface area contributed by atoms with E-state index in [4.69, 9.17) is 4.52 Å². The molecule has 1 aromatic heterocycles. The van der Waals surface area contributed by atoms with Crippen LogP contribution in [0.15, 0.2) is 9.42 Å². The molecule has 1 aliphatic rings. The van der Waals surface area contributed by atoms with Crippen LogP contribution in [-0.2, 0) is 14.8 Å². The molecule has 1 saturated heterocycles. The number of carbonyl (C=O) groups excluding carboxylic acids is 1. The second kappa shape index (κ2) is 8.77. The SMILES string of the molecule is CCCNCCNC(=O)C1CCN(S(=O)(=O)c2c(C)noc2C)CC1. The zero-order valence-corrected chi connectivity index (χ0v) is 16.0. The average molecular weight is 372 g/mol. The highest BCUT2D eigenvalue weighted by Gasteiger charge is 2.35. The zero-order chi connectivity index (χ0) is 18.4. The van der Waals surface area contributed by atoms with Crippen LogP contribution in [0, 0.1) is 19.8 Å². The lowest BCUT2D eigenvalue weighted by atomic mass is 9.97. The highest BCUT2D eigenvalue weighted by molar-refractivity contribution is 7.89. The van der Waals surface area contributed by atoms with Gasteiger partial charge in [-0.3, -0.25) is 4.79 Å². The minimum Gasteiger partial charge on any atom is -0.360 e. The smallest absolute Gasteiger partial charge is 0.248 e. The molecule has 2 heterocycles. The van der Waals surface area contributed by atoms with Gasteiger partial charge in [0.1, 0.15) is 10.6 Å². The first-order valence-electron chi connectivity index (χ1n) is 8.79. The van der Waals surface area contributed by atoms with E-state index in [-0.39, 0.29) is 16.7 Å². The highest BCUT2D eigenvalue weighted by atomic mass is 32.2. The van der Waals surface area contributed by atoms with Crippen molar-refractivity contribution < 1.29 is 17.7 Å². The van der Waals surface area contributed by atoms with Crippen LogP contribution in [-0.4, -0.2) is 56.5 Å². The van der Waals surface area contributed by atoms with Gasteiger partial charge in [-0.15, -0.1) is 0 Å². The molecule has 0 saturated carbocycles. The van der Waals surface area contributed by atoms with Crippen LogP contribution in [0.25, 0.3) is 0 Å². The van der Waals surface area contributed by atoms with Crippen LogP contribution in [0.1, 0.15) is 37.6 Å². The molecule has 0 aromatic carbocycles. The lowest BCUT2D eigenvalue weighted by Crippen LogP contribution is -2.44. The van der Waals surface area contributed by atoms with Crippen LogP contribution < -0.4 is 10.6 Å². The van der Waals surface area contributed by atoms with Gasteiger partial charge in [0.2, 0.25) is 15.9 Å². The molecular formula is C16H28N4O4S. The number of amides is 1. The Morgan fingerprint density at radius 3 is 2.48 bits per heavy atom. The maximum atomic E-state index is 12.8. The largest absolute Gasteiger partial charge is 0.360 e. The molecule has 9 heteroatoms. The topological polar surface area (TPSA) is 105 Å². The van der Waals surface area contributed by atoms with Gasteiger partial charge in [0.15, 0.2) is 5.76 Å². The van der Waals surface area contributed by atoms with E-state index in [1.807, 2.05) is 0 Å². The van der Waals surface area contributed by atoms with E-state index in [2.05, 4.69) is 22.7 Å². The summed E-state index contributed by atoms with van der Waals surface area (Å²) in [6, 6.07) is 0. The van der Waals surface area contributed by atoms with Gasteiger partial charge >= 0.3 is 0 Å². The third-order valence-corrected chi connectivity index (χ3v) is 6.56. The van der Waals surface area contributed by atoms with Crippen LogP contribution in [0.5, 0.6) is 0 Å². The summed E-state index contributed by atoms with van der Waals surface area (Å²) in [6.07, 6.45) is 2.11. The number of nitrogens with zero attached hydrogens (tertiary/aromatic N) is 2. The Bertz CT molecular complexity index is 659. The lowest BCUT2D eigenvalue weighted by molar-refractivity contribution is -0.126. The summed E-state index contributed by atoms with van der Waals surface area (Å²) >= 11 is 0. The van der Waals surface area contributed by atoms with E-state index in [1.165, 1.54) is 4.31 Å². The predicted molar refractivity (Wildman–Crippen MR) is 93.6 cm³/mol. The number of aryl methyl sites for hydroxylation is 2. The van der Waals surface area contributed by atoms with Crippen LogP contribution in [0.2, 0.25) is 0 Å². The summed E-state index contributed by atoms with van der Waals surface area (Å²) in [5.41, 5.74) is 0.372. The second-order valence-electron chi connectivity index (χ2n) is 6.37. The fraction of sp³-hybridized carbons (Fsp3) is 0.750. The molecule has 1 aromatic rings. The first kappa shape index (κ1) is 19.9. The Morgan fingerprint density at radius 1 is 1.24 bits per heavy atom. The number of hydrogen-bond acceptors (Lipinski definition) is 6. The first-order chi connectivity index (χ1) is 11.9. The van der Waals surface area contributed by atoms with Gasteiger partial charge in [-0.05, 0) is 39.7 Å². The van der Waals surface area contributed by atoms with Gasteiger partial charge in [0, 0.05) is 32.1 Å². The van der Waals surface area contributed by atoms with Gasteiger partial charge in [-0.2, -0.15) is 4.31 Å². The number of aromatic nitrogens is 1. The zero-order valence-electron chi connectivity index (χ0n) is 15.2. The number of piperidine rings is 1. The van der Waals surface area contributed by atoms with Gasteiger partial charge in [-0.25, -0.2) is 8.42 Å². The number of hydrogen-bond donors (Lipinski definition) is 2. The average Bonchev–Trinajstić information content (AvgIpc) is 2.94. The van der Waals surface area contributed by atoms with Crippen LogP contribution >= 0.6 is 0 Å². The molecular weight excluding hydrogens is 344 g/mol. The van der Waals surface area contributed by atoms with Crippen molar-refractivity contribution in [1.29, 1.82) is 0 Å². The Balaban J connectivity index is 1.86. The Morgan fingerprint density at radius 2 is 1.92 bits per heavy atom. The van der Waals surface area contributed by atoms with E-state index in [0.717, 1.165) is 19.5 Å². The van der Waals surface area contributed by atoms with E-state index in [1.54, 1.807) is 13.8 Å². The van der Waals surface area contributed by atoms with Crippen molar-refractivity contribution >= 4 is 15.9 Å². The molecule has 0 atom stereocenters. The summed E-state index contributed by atoms with van der Waals surface area (Å²) in [7, 11) is -3.62. The quantitative estimate of drug-likeness (QED) is 0.654. The second-order valence-corrected chi connectivity index (χ2v) is 8.25. The Hall–Kier alpha value is -1.45. The maximum absolute atomic E-state index is 12.8. The molecule has 0 radical (unpaired) electrons. The summed E-state index contributed by atoms with van der Waals surface area (Å²) in [4.78, 5) is 12.3. The minimum absolute atomic E-state index is 0.00712. The monoisotopic (exact) mass is 372 g/mol. The Labute approximate surface area is 149 Å². The van der Waals surface area contributed by atoms with Crippen molar-refractivity contribution in [2.75, 3.05) is 32.7 Å². The molecule has 0 aliphatic carbocycles. The van der Waals surface area contributed by atoms with Gasteiger partial charge in [0.05, 0.1) is 0 Å². The van der Waals surface area contributed by atoms with Crippen molar-refractivity contribution in [1.82, 2.24) is 20.1 Å². The molecule has 2 N–H and O–H groups in total. The van der Waals surface area contributed by atoms with Gasteiger partial charge in [-0.1, -0.05) is 12.1 Å². The molecule has 2 rings (SSSR count). The fourth-order valence-electron chi connectivity index (χ4n) is 3.05. The molecule has 0 unspecified atom stereocenters. The molecule has 0 bridgehead atoms. The third-order valence-electron chi connectivity index (χ3n) is 4.42. The molecule has 0 spiro atoms. The van der Waals surface area contributed by atoms with Crippen molar-refractivity contribution in [2.24, 2.45) is 5.92 Å². The van der Waals surface area contributed by atoms with E-state index >= 15 is 0 Å². The van der Waals surface area contributed by atoms with Crippen LogP contribution in [0.3, 0.4) is 0 Å². The maximum Gasteiger partial charge on any atom is 0.248 e. The van der Waals surface area contributed by atoms with E-state index < -0.39 is 10.0 Å². The van der Waals surface area contributed by atoms with E-state index in [9.17, 15) is 13.2 Å². The standard InChI is InChI=1S/C16H28N4O4S/c1-4-7-17-8-9-18-16(21)14-5-10-20(11-6-14)25(22,23)15-12(2)19-24-13(15)3/h14,17H,4-11H2,1-3H3,(H,18,21). The highest BCUT2D eigenvalue weighted by Crippen LogP contribution is 2.27. The van der Waals surface area contributed by atoms with Gasteiger partial charge in [0.25, 0.3) is 0 Å². The van der Waals surface area contributed by atoms with E-state index in [0.29, 0.717) is 43.9 Å². The molecule has 1 amide bonds. The van der Waals surface area contributed by atoms with Crippen molar-refractivity contribution in [3.8, 4) is 0 Å². The summed E-state index contributed by atoms with van der Waals surface area (Å²) in [6.45, 7) is 8.26. The molecule has 1 fully saturated rings. The Kier molecular flexibility index (Phi) is 6.97.